The minimum Gasteiger partial charge on any atom is -0.480 e. The lowest BCUT2D eigenvalue weighted by molar-refractivity contribution is -0.138. The first-order valence-electron chi connectivity index (χ1n) is 6.11. The van der Waals surface area contributed by atoms with E-state index in [1.807, 2.05) is 0 Å². The molecule has 1 unspecified atom stereocenters. The molecule has 0 aromatic rings. The SMILES string of the molecule is C=CC(NC1CCN(C(=O)OCC)CC1)C(=O)O. The average Bonchev–Trinajstić information content (AvgIpc) is 2.36. The third-order valence-corrected chi connectivity index (χ3v) is 2.94. The van der Waals surface area contributed by atoms with E-state index in [0.29, 0.717) is 19.7 Å². The van der Waals surface area contributed by atoms with E-state index in [1.54, 1.807) is 11.8 Å². The standard InChI is InChI=1S/C12H20N2O4/c1-3-10(11(15)16)13-9-5-7-14(8-6-9)12(17)18-4-2/h3,9-10,13H,1,4-8H2,2H3,(H,15,16). The Morgan fingerprint density at radius 1 is 1.56 bits per heavy atom. The number of rotatable bonds is 5. The number of nitrogens with one attached hydrogen (secondary N) is 1. The lowest BCUT2D eigenvalue weighted by Gasteiger charge is -2.32. The van der Waals surface area contributed by atoms with Crippen molar-refractivity contribution in [1.29, 1.82) is 0 Å². The number of carboxylic acid groups (broad SMARTS) is 1. The van der Waals surface area contributed by atoms with Gasteiger partial charge in [0.1, 0.15) is 6.04 Å². The second-order valence-electron chi connectivity index (χ2n) is 4.18. The highest BCUT2D eigenvalue weighted by molar-refractivity contribution is 5.75. The highest BCUT2D eigenvalue weighted by Gasteiger charge is 2.26. The number of aliphatic carboxylic acids is 1. The van der Waals surface area contributed by atoms with Crippen LogP contribution >= 0.6 is 0 Å². The smallest absolute Gasteiger partial charge is 0.409 e. The van der Waals surface area contributed by atoms with E-state index in [-0.39, 0.29) is 12.1 Å². The van der Waals surface area contributed by atoms with Crippen molar-refractivity contribution in [3.8, 4) is 0 Å². The zero-order valence-corrected chi connectivity index (χ0v) is 10.6. The van der Waals surface area contributed by atoms with E-state index in [2.05, 4.69) is 11.9 Å². The summed E-state index contributed by atoms with van der Waals surface area (Å²) in [7, 11) is 0. The molecule has 1 fully saturated rings. The van der Waals surface area contributed by atoms with Gasteiger partial charge in [-0.3, -0.25) is 10.1 Å². The fourth-order valence-electron chi connectivity index (χ4n) is 1.94. The number of hydrogen-bond acceptors (Lipinski definition) is 4. The van der Waals surface area contributed by atoms with Gasteiger partial charge in [-0.1, -0.05) is 6.08 Å². The first-order valence-corrected chi connectivity index (χ1v) is 6.11. The summed E-state index contributed by atoms with van der Waals surface area (Å²) < 4.78 is 4.91. The van der Waals surface area contributed by atoms with Crippen molar-refractivity contribution in [2.75, 3.05) is 19.7 Å². The molecule has 6 nitrogen and oxygen atoms in total. The molecule has 1 aliphatic heterocycles. The Bertz CT molecular complexity index is 311. The predicted octanol–water partition coefficient (Wildman–Crippen LogP) is 0.836. The molecule has 1 rings (SSSR count). The van der Waals surface area contributed by atoms with Gasteiger partial charge in [-0.25, -0.2) is 4.79 Å². The van der Waals surface area contributed by atoms with Crippen LogP contribution in [0.5, 0.6) is 0 Å². The summed E-state index contributed by atoms with van der Waals surface area (Å²) in [5.74, 6) is -0.933. The summed E-state index contributed by atoms with van der Waals surface area (Å²) >= 11 is 0. The summed E-state index contributed by atoms with van der Waals surface area (Å²) in [5.41, 5.74) is 0. The van der Waals surface area contributed by atoms with E-state index < -0.39 is 12.0 Å². The quantitative estimate of drug-likeness (QED) is 0.712. The van der Waals surface area contributed by atoms with Crippen LogP contribution in [0.15, 0.2) is 12.7 Å². The first-order chi connectivity index (χ1) is 8.58. The van der Waals surface area contributed by atoms with Crippen LogP contribution in [0.1, 0.15) is 19.8 Å². The Balaban J connectivity index is 2.37. The normalized spacial score (nSPS) is 18.2. The number of carbonyl (C=O) groups is 2. The van der Waals surface area contributed by atoms with Crippen LogP contribution in [-0.4, -0.2) is 53.8 Å². The largest absolute Gasteiger partial charge is 0.480 e. The Morgan fingerprint density at radius 2 is 2.17 bits per heavy atom. The Kier molecular flexibility index (Phi) is 5.64. The molecule has 102 valence electrons. The zero-order chi connectivity index (χ0) is 13.5. The van der Waals surface area contributed by atoms with Gasteiger partial charge in [0.15, 0.2) is 0 Å². The predicted molar refractivity (Wildman–Crippen MR) is 66.4 cm³/mol. The lowest BCUT2D eigenvalue weighted by atomic mass is 10.0. The van der Waals surface area contributed by atoms with E-state index in [0.717, 1.165) is 12.8 Å². The van der Waals surface area contributed by atoms with E-state index in [1.165, 1.54) is 6.08 Å². The molecule has 0 spiro atoms. The highest BCUT2D eigenvalue weighted by Crippen LogP contribution is 2.12. The summed E-state index contributed by atoms with van der Waals surface area (Å²) in [6.07, 6.45) is 2.52. The third-order valence-electron chi connectivity index (χ3n) is 2.94. The maximum absolute atomic E-state index is 11.5. The molecule has 0 radical (unpaired) electrons. The number of piperidine rings is 1. The fraction of sp³-hybridized carbons (Fsp3) is 0.667. The van der Waals surface area contributed by atoms with Crippen molar-refractivity contribution in [3.63, 3.8) is 0 Å². The summed E-state index contributed by atoms with van der Waals surface area (Å²) in [6, 6.07) is -0.640. The fourth-order valence-corrected chi connectivity index (χ4v) is 1.94. The Labute approximate surface area is 107 Å². The lowest BCUT2D eigenvalue weighted by Crippen LogP contribution is -2.49. The van der Waals surface area contributed by atoms with Crippen LogP contribution < -0.4 is 5.32 Å². The molecule has 0 aliphatic carbocycles. The number of carboxylic acids is 1. The van der Waals surface area contributed by atoms with Gasteiger partial charge in [0, 0.05) is 19.1 Å². The molecule has 6 heteroatoms. The third kappa shape index (κ3) is 4.03. The van der Waals surface area contributed by atoms with Gasteiger partial charge in [0.05, 0.1) is 6.61 Å². The van der Waals surface area contributed by atoms with Crippen LogP contribution in [0, 0.1) is 0 Å². The average molecular weight is 256 g/mol. The van der Waals surface area contributed by atoms with Gasteiger partial charge in [0.2, 0.25) is 0 Å². The van der Waals surface area contributed by atoms with Crippen LogP contribution in [0.3, 0.4) is 0 Å². The molecular formula is C12H20N2O4. The van der Waals surface area contributed by atoms with E-state index in [9.17, 15) is 9.59 Å². The number of hydrogen-bond donors (Lipinski definition) is 2. The molecule has 1 aliphatic rings. The number of nitrogens with zero attached hydrogens (tertiary/aromatic N) is 1. The first kappa shape index (κ1) is 14.5. The molecule has 0 bridgehead atoms. The zero-order valence-electron chi connectivity index (χ0n) is 10.6. The van der Waals surface area contributed by atoms with Crippen molar-refractivity contribution in [1.82, 2.24) is 10.2 Å². The molecule has 0 aromatic heterocycles. The minimum atomic E-state index is -0.933. The minimum absolute atomic E-state index is 0.0924. The van der Waals surface area contributed by atoms with Gasteiger partial charge in [-0.2, -0.15) is 0 Å². The van der Waals surface area contributed by atoms with E-state index in [4.69, 9.17) is 9.84 Å². The molecule has 0 aromatic carbocycles. The molecular weight excluding hydrogens is 236 g/mol. The molecule has 1 atom stereocenters. The van der Waals surface area contributed by atoms with E-state index >= 15 is 0 Å². The van der Waals surface area contributed by atoms with Gasteiger partial charge in [-0.15, -0.1) is 6.58 Å². The van der Waals surface area contributed by atoms with Gasteiger partial charge in [-0.05, 0) is 19.8 Å². The van der Waals surface area contributed by atoms with Crippen molar-refractivity contribution >= 4 is 12.1 Å². The summed E-state index contributed by atoms with van der Waals surface area (Å²) in [5, 5.41) is 11.9. The maximum atomic E-state index is 11.5. The second-order valence-corrected chi connectivity index (χ2v) is 4.18. The van der Waals surface area contributed by atoms with Crippen molar-refractivity contribution in [2.45, 2.75) is 31.8 Å². The monoisotopic (exact) mass is 256 g/mol. The van der Waals surface area contributed by atoms with Gasteiger partial charge in [0.25, 0.3) is 0 Å². The molecule has 1 amide bonds. The Morgan fingerprint density at radius 3 is 2.61 bits per heavy atom. The van der Waals surface area contributed by atoms with Crippen LogP contribution in [-0.2, 0) is 9.53 Å². The molecule has 2 N–H and O–H groups in total. The molecule has 18 heavy (non-hydrogen) atoms. The number of likely N-dealkylation sites (tertiary alicyclic amines) is 1. The van der Waals surface area contributed by atoms with Crippen molar-refractivity contribution < 1.29 is 19.4 Å². The van der Waals surface area contributed by atoms with Gasteiger partial charge >= 0.3 is 12.1 Å². The van der Waals surface area contributed by atoms with Gasteiger partial charge < -0.3 is 14.7 Å². The maximum Gasteiger partial charge on any atom is 0.409 e. The molecule has 1 heterocycles. The topological polar surface area (TPSA) is 78.9 Å². The van der Waals surface area contributed by atoms with Crippen LogP contribution in [0.2, 0.25) is 0 Å². The Hall–Kier alpha value is -1.56. The van der Waals surface area contributed by atoms with Crippen LogP contribution in [0.4, 0.5) is 4.79 Å². The number of carbonyl (C=O) groups excluding carboxylic acids is 1. The van der Waals surface area contributed by atoms with Crippen LogP contribution in [0.25, 0.3) is 0 Å². The van der Waals surface area contributed by atoms with Crippen molar-refractivity contribution in [3.05, 3.63) is 12.7 Å². The molecule has 1 saturated heterocycles. The van der Waals surface area contributed by atoms with Crippen molar-refractivity contribution in [2.24, 2.45) is 0 Å². The summed E-state index contributed by atoms with van der Waals surface area (Å²) in [4.78, 5) is 24.0. The number of amides is 1. The molecule has 0 saturated carbocycles. The number of ether oxygens (including phenoxy) is 1. The second kappa shape index (κ2) is 7.00. The summed E-state index contributed by atoms with van der Waals surface area (Å²) in [6.45, 7) is 6.80. The highest BCUT2D eigenvalue weighted by atomic mass is 16.6.